The van der Waals surface area contributed by atoms with Crippen LogP contribution in [0.2, 0.25) is 0 Å². The Morgan fingerprint density at radius 1 is 1.48 bits per heavy atom. The van der Waals surface area contributed by atoms with Crippen LogP contribution >= 0.6 is 11.9 Å². The van der Waals surface area contributed by atoms with E-state index < -0.39 is 0 Å². The van der Waals surface area contributed by atoms with Crippen molar-refractivity contribution in [2.75, 3.05) is 0 Å². The minimum Gasteiger partial charge on any atom is -0.350 e. The van der Waals surface area contributed by atoms with Gasteiger partial charge in [0.15, 0.2) is 0 Å². The van der Waals surface area contributed by atoms with Crippen molar-refractivity contribution >= 4 is 17.9 Å². The number of nitrogens with one attached hydrogen (secondary N) is 1. The lowest BCUT2D eigenvalue weighted by atomic mass is 10.2. The van der Waals surface area contributed by atoms with Gasteiger partial charge in [0, 0.05) is 11.3 Å². The molecule has 1 heterocycles. The number of hydrogen-bond acceptors (Lipinski definition) is 5. The van der Waals surface area contributed by atoms with Gasteiger partial charge in [-0.25, -0.2) is 4.68 Å². The Labute approximate surface area is 128 Å². The first kappa shape index (κ1) is 15.5. The van der Waals surface area contributed by atoms with Gasteiger partial charge in [-0.05, 0) is 36.6 Å². The third kappa shape index (κ3) is 4.57. The summed E-state index contributed by atoms with van der Waals surface area (Å²) in [5.41, 5.74) is 1.62. The average molecular weight is 305 g/mol. The molecule has 1 aromatic heterocycles. The van der Waals surface area contributed by atoms with Gasteiger partial charge >= 0.3 is 0 Å². The Hall–Kier alpha value is -1.86. The standard InChI is InChI=1S/C14H19N5OS/c1-2-3-7-14(20)16-9-11-10-19(18-17-11)12-5-4-6-13(8-12)21-15/h4-6,8,10H,2-3,7,9,15H2,1H3,(H,16,20). The second kappa shape index (κ2) is 7.80. The molecule has 0 radical (unpaired) electrons. The van der Waals surface area contributed by atoms with E-state index in [9.17, 15) is 4.79 Å². The number of amides is 1. The molecule has 0 atom stereocenters. The van der Waals surface area contributed by atoms with Crippen molar-refractivity contribution in [2.24, 2.45) is 5.14 Å². The SMILES string of the molecule is CCCCC(=O)NCc1cn(-c2cccc(SN)c2)nn1. The van der Waals surface area contributed by atoms with E-state index in [-0.39, 0.29) is 5.91 Å². The summed E-state index contributed by atoms with van der Waals surface area (Å²) >= 11 is 1.19. The zero-order valence-corrected chi connectivity index (χ0v) is 12.8. The Kier molecular flexibility index (Phi) is 5.77. The quantitative estimate of drug-likeness (QED) is 0.765. The molecule has 1 aromatic carbocycles. The van der Waals surface area contributed by atoms with Gasteiger partial charge < -0.3 is 5.32 Å². The number of nitrogens with zero attached hydrogens (tertiary/aromatic N) is 3. The van der Waals surface area contributed by atoms with E-state index >= 15 is 0 Å². The molecule has 1 amide bonds. The maximum absolute atomic E-state index is 11.6. The number of carbonyl (C=O) groups excluding carboxylic acids is 1. The first-order chi connectivity index (χ1) is 10.2. The van der Waals surface area contributed by atoms with Gasteiger partial charge in [-0.1, -0.05) is 24.6 Å². The van der Waals surface area contributed by atoms with Crippen molar-refractivity contribution in [2.45, 2.75) is 37.6 Å². The number of hydrogen-bond donors (Lipinski definition) is 2. The van der Waals surface area contributed by atoms with Crippen molar-refractivity contribution in [3.8, 4) is 5.69 Å². The lowest BCUT2D eigenvalue weighted by molar-refractivity contribution is -0.121. The number of carbonyl (C=O) groups is 1. The van der Waals surface area contributed by atoms with Gasteiger partial charge in [0.1, 0.15) is 5.69 Å². The van der Waals surface area contributed by atoms with E-state index in [1.807, 2.05) is 24.3 Å². The third-order valence-electron chi connectivity index (χ3n) is 2.98. The molecule has 0 saturated carbocycles. The highest BCUT2D eigenvalue weighted by Crippen LogP contribution is 2.16. The largest absolute Gasteiger partial charge is 0.350 e. The average Bonchev–Trinajstić information content (AvgIpc) is 3.00. The Balaban J connectivity index is 1.96. The molecule has 2 rings (SSSR count). The van der Waals surface area contributed by atoms with E-state index in [0.29, 0.717) is 13.0 Å². The van der Waals surface area contributed by atoms with Gasteiger partial charge in [-0.3, -0.25) is 9.93 Å². The van der Waals surface area contributed by atoms with Crippen LogP contribution in [0.3, 0.4) is 0 Å². The fraction of sp³-hybridized carbons (Fsp3) is 0.357. The monoisotopic (exact) mass is 305 g/mol. The fourth-order valence-corrected chi connectivity index (χ4v) is 2.17. The highest BCUT2D eigenvalue weighted by Gasteiger charge is 2.05. The number of nitrogens with two attached hydrogens (primary N) is 1. The van der Waals surface area contributed by atoms with E-state index in [1.165, 1.54) is 11.9 Å². The molecule has 2 aromatic rings. The Morgan fingerprint density at radius 3 is 3.10 bits per heavy atom. The predicted molar refractivity (Wildman–Crippen MR) is 82.8 cm³/mol. The van der Waals surface area contributed by atoms with E-state index in [1.54, 1.807) is 10.9 Å². The first-order valence-electron chi connectivity index (χ1n) is 6.88. The van der Waals surface area contributed by atoms with Gasteiger partial charge in [0.05, 0.1) is 18.4 Å². The number of aromatic nitrogens is 3. The summed E-state index contributed by atoms with van der Waals surface area (Å²) in [4.78, 5) is 12.5. The summed E-state index contributed by atoms with van der Waals surface area (Å²) in [6, 6.07) is 7.71. The summed E-state index contributed by atoms with van der Waals surface area (Å²) in [6.07, 6.45) is 4.28. The van der Waals surface area contributed by atoms with Crippen molar-refractivity contribution in [3.63, 3.8) is 0 Å². The number of rotatable bonds is 7. The lowest BCUT2D eigenvalue weighted by Gasteiger charge is -2.02. The van der Waals surface area contributed by atoms with Gasteiger partial charge in [-0.15, -0.1) is 5.10 Å². The second-order valence-corrected chi connectivity index (χ2v) is 5.36. The van der Waals surface area contributed by atoms with Crippen molar-refractivity contribution in [3.05, 3.63) is 36.2 Å². The molecule has 0 aliphatic heterocycles. The third-order valence-corrected chi connectivity index (χ3v) is 3.51. The van der Waals surface area contributed by atoms with Crippen LogP contribution in [0, 0.1) is 0 Å². The van der Waals surface area contributed by atoms with Gasteiger partial charge in [0.2, 0.25) is 5.91 Å². The highest BCUT2D eigenvalue weighted by atomic mass is 32.2. The van der Waals surface area contributed by atoms with Gasteiger partial charge in [-0.2, -0.15) is 0 Å². The second-order valence-electron chi connectivity index (χ2n) is 4.65. The molecular weight excluding hydrogens is 286 g/mol. The topological polar surface area (TPSA) is 85.8 Å². The summed E-state index contributed by atoms with van der Waals surface area (Å²) in [6.45, 7) is 2.46. The molecule has 0 aliphatic carbocycles. The molecule has 3 N–H and O–H groups in total. The highest BCUT2D eigenvalue weighted by molar-refractivity contribution is 7.97. The molecule has 112 valence electrons. The lowest BCUT2D eigenvalue weighted by Crippen LogP contribution is -2.22. The summed E-state index contributed by atoms with van der Waals surface area (Å²) < 4.78 is 1.67. The Bertz CT molecular complexity index is 599. The number of unbranched alkanes of at least 4 members (excludes halogenated alkanes) is 1. The van der Waals surface area contributed by atoms with Crippen LogP contribution in [-0.4, -0.2) is 20.9 Å². The minimum absolute atomic E-state index is 0.0490. The van der Waals surface area contributed by atoms with Crippen LogP contribution in [0.25, 0.3) is 5.69 Å². The summed E-state index contributed by atoms with van der Waals surface area (Å²) in [5, 5.41) is 16.5. The van der Waals surface area contributed by atoms with Crippen LogP contribution in [0.1, 0.15) is 31.9 Å². The smallest absolute Gasteiger partial charge is 0.220 e. The molecule has 21 heavy (non-hydrogen) atoms. The van der Waals surface area contributed by atoms with E-state index in [4.69, 9.17) is 5.14 Å². The molecule has 0 bridgehead atoms. The minimum atomic E-state index is 0.0490. The van der Waals surface area contributed by atoms with Crippen LogP contribution in [0.5, 0.6) is 0 Å². The molecule has 6 nitrogen and oxygen atoms in total. The van der Waals surface area contributed by atoms with Crippen molar-refractivity contribution in [1.29, 1.82) is 0 Å². The zero-order chi connectivity index (χ0) is 15.1. The Morgan fingerprint density at radius 2 is 2.33 bits per heavy atom. The normalized spacial score (nSPS) is 10.6. The van der Waals surface area contributed by atoms with Crippen LogP contribution in [0.4, 0.5) is 0 Å². The predicted octanol–water partition coefficient (Wildman–Crippen LogP) is 2.04. The van der Waals surface area contributed by atoms with Crippen LogP contribution < -0.4 is 10.5 Å². The first-order valence-corrected chi connectivity index (χ1v) is 7.76. The van der Waals surface area contributed by atoms with Crippen molar-refractivity contribution in [1.82, 2.24) is 20.3 Å². The van der Waals surface area contributed by atoms with Crippen LogP contribution in [0.15, 0.2) is 35.4 Å². The summed E-state index contributed by atoms with van der Waals surface area (Å²) in [7, 11) is 0. The van der Waals surface area contributed by atoms with E-state index in [0.717, 1.165) is 29.1 Å². The molecule has 0 fully saturated rings. The van der Waals surface area contributed by atoms with Crippen LogP contribution in [-0.2, 0) is 11.3 Å². The van der Waals surface area contributed by atoms with Crippen molar-refractivity contribution < 1.29 is 4.79 Å². The fourth-order valence-electron chi connectivity index (χ4n) is 1.82. The zero-order valence-electron chi connectivity index (χ0n) is 12.0. The van der Waals surface area contributed by atoms with Gasteiger partial charge in [0.25, 0.3) is 0 Å². The molecule has 7 heteroatoms. The maximum atomic E-state index is 11.6. The molecule has 0 saturated heterocycles. The number of benzene rings is 1. The molecule has 0 unspecified atom stereocenters. The maximum Gasteiger partial charge on any atom is 0.220 e. The van der Waals surface area contributed by atoms with E-state index in [2.05, 4.69) is 22.6 Å². The molecule has 0 aliphatic rings. The molecular formula is C14H19N5OS. The summed E-state index contributed by atoms with van der Waals surface area (Å²) in [5.74, 6) is 0.0490. The molecule has 0 spiro atoms.